The summed E-state index contributed by atoms with van der Waals surface area (Å²) in [6.07, 6.45) is 5.08. The maximum absolute atomic E-state index is 11.9. The fraction of sp³-hybridized carbons (Fsp3) is 0.500. The summed E-state index contributed by atoms with van der Waals surface area (Å²) in [5.74, 6) is -0.535. The lowest BCUT2D eigenvalue weighted by Crippen LogP contribution is -2.64. The molecule has 4 nitrogen and oxygen atoms in total. The molecule has 1 aliphatic heterocycles. The Bertz CT molecular complexity index is 356. The fourth-order valence-corrected chi connectivity index (χ4v) is 2.35. The van der Waals surface area contributed by atoms with Gasteiger partial charge in [-0.25, -0.2) is 0 Å². The van der Waals surface area contributed by atoms with Crippen LogP contribution in [-0.2, 0) is 9.59 Å². The first-order chi connectivity index (χ1) is 7.07. The molecule has 15 heavy (non-hydrogen) atoms. The molecule has 1 fully saturated rings. The smallest absolute Gasteiger partial charge is 0.242 e. The molecule has 0 aromatic rings. The van der Waals surface area contributed by atoms with Crippen molar-refractivity contribution in [3.8, 4) is 0 Å². The zero-order valence-corrected chi connectivity index (χ0v) is 9.19. The van der Waals surface area contributed by atoms with Crippen molar-refractivity contribution in [3.63, 3.8) is 0 Å². The van der Waals surface area contributed by atoms with Gasteiger partial charge < -0.3 is 10.6 Å². The molecule has 2 rings (SSSR count). The number of rotatable bonds is 0. The molecule has 0 saturated carbocycles. The van der Waals surface area contributed by atoms with Crippen LogP contribution < -0.4 is 10.6 Å². The van der Waals surface area contributed by atoms with Crippen LogP contribution in [0.2, 0.25) is 0 Å². The van der Waals surface area contributed by atoms with Crippen molar-refractivity contribution < 1.29 is 9.59 Å². The van der Waals surface area contributed by atoms with Crippen LogP contribution in [-0.4, -0.2) is 16.9 Å². The van der Waals surface area contributed by atoms with Gasteiger partial charge in [-0.3, -0.25) is 9.59 Å². The van der Waals surface area contributed by atoms with Gasteiger partial charge in [0.15, 0.2) is 5.11 Å². The lowest BCUT2D eigenvalue weighted by molar-refractivity contribution is -0.147. The number of hydrogen-bond donors (Lipinski definition) is 2. The van der Waals surface area contributed by atoms with Crippen molar-refractivity contribution in [2.75, 3.05) is 0 Å². The van der Waals surface area contributed by atoms with Crippen LogP contribution >= 0.6 is 12.2 Å². The maximum Gasteiger partial charge on any atom is 0.242 e. The molecule has 1 saturated heterocycles. The fourth-order valence-electron chi connectivity index (χ4n) is 2.17. The third kappa shape index (κ3) is 1.38. The molecule has 1 heterocycles. The normalized spacial score (nSPS) is 28.9. The van der Waals surface area contributed by atoms with Crippen LogP contribution in [0.1, 0.15) is 19.8 Å². The Balaban J connectivity index is 2.40. The van der Waals surface area contributed by atoms with Gasteiger partial charge in [-0.2, -0.15) is 0 Å². The number of allylic oxidation sites excluding steroid dienone is 2. The Morgan fingerprint density at radius 2 is 1.93 bits per heavy atom. The van der Waals surface area contributed by atoms with Crippen LogP contribution in [0.4, 0.5) is 0 Å². The van der Waals surface area contributed by atoms with Crippen molar-refractivity contribution in [2.24, 2.45) is 11.3 Å². The molecule has 2 aliphatic rings. The summed E-state index contributed by atoms with van der Waals surface area (Å²) in [5.41, 5.74) is -0.961. The van der Waals surface area contributed by atoms with E-state index in [2.05, 4.69) is 10.6 Å². The Kier molecular flexibility index (Phi) is 2.34. The number of thiocarbonyl (C=S) groups is 1. The van der Waals surface area contributed by atoms with Gasteiger partial charge >= 0.3 is 0 Å². The van der Waals surface area contributed by atoms with Gasteiger partial charge in [0.25, 0.3) is 0 Å². The first-order valence-electron chi connectivity index (χ1n) is 4.89. The van der Waals surface area contributed by atoms with E-state index in [-0.39, 0.29) is 22.8 Å². The largest absolute Gasteiger partial charge is 0.302 e. The first kappa shape index (κ1) is 10.3. The second-order valence-corrected chi connectivity index (χ2v) is 4.43. The Morgan fingerprint density at radius 1 is 1.33 bits per heavy atom. The lowest BCUT2D eigenvalue weighted by Gasteiger charge is -2.40. The van der Waals surface area contributed by atoms with Gasteiger partial charge in [-0.15, -0.1) is 0 Å². The first-order valence-corrected chi connectivity index (χ1v) is 5.30. The summed E-state index contributed by atoms with van der Waals surface area (Å²) in [7, 11) is 0. The zero-order chi connectivity index (χ0) is 11.1. The standard InChI is InChI=1S/C10H12N2O2S/c1-6-4-2-3-5-10(6)7(13)11-9(15)12-8(10)14/h2-3,6H,4-5H2,1H3,(H2,11,12,13,14,15)/t6-/m0/s1. The minimum atomic E-state index is -0.961. The Labute approximate surface area is 93.1 Å². The van der Waals surface area contributed by atoms with E-state index in [1.54, 1.807) is 0 Å². The molecule has 80 valence electrons. The molecule has 2 amide bonds. The number of nitrogens with one attached hydrogen (secondary N) is 2. The van der Waals surface area contributed by atoms with E-state index < -0.39 is 5.41 Å². The van der Waals surface area contributed by atoms with Gasteiger partial charge in [0, 0.05) is 0 Å². The van der Waals surface area contributed by atoms with Crippen LogP contribution in [0.5, 0.6) is 0 Å². The minimum Gasteiger partial charge on any atom is -0.302 e. The van der Waals surface area contributed by atoms with E-state index in [9.17, 15) is 9.59 Å². The van der Waals surface area contributed by atoms with Gasteiger partial charge in [0.05, 0.1) is 0 Å². The van der Waals surface area contributed by atoms with Crippen LogP contribution in [0.25, 0.3) is 0 Å². The molecule has 0 aromatic heterocycles. The molecule has 2 N–H and O–H groups in total. The molecular weight excluding hydrogens is 212 g/mol. The monoisotopic (exact) mass is 224 g/mol. The summed E-state index contributed by atoms with van der Waals surface area (Å²) < 4.78 is 0. The highest BCUT2D eigenvalue weighted by Gasteiger charge is 2.52. The summed E-state index contributed by atoms with van der Waals surface area (Å²) in [6.45, 7) is 1.91. The molecule has 1 atom stereocenters. The zero-order valence-electron chi connectivity index (χ0n) is 8.37. The topological polar surface area (TPSA) is 58.2 Å². The van der Waals surface area contributed by atoms with Crippen molar-refractivity contribution in [1.29, 1.82) is 0 Å². The predicted octanol–water partition coefficient (Wildman–Crippen LogP) is 0.490. The average molecular weight is 224 g/mol. The summed E-state index contributed by atoms with van der Waals surface area (Å²) in [5, 5.41) is 5.16. The Hall–Kier alpha value is -1.23. The summed E-state index contributed by atoms with van der Waals surface area (Å²) in [6, 6.07) is 0. The lowest BCUT2D eigenvalue weighted by atomic mass is 9.67. The second kappa shape index (κ2) is 3.41. The number of carbonyl (C=O) groups excluding carboxylic acids is 2. The van der Waals surface area contributed by atoms with Crippen molar-refractivity contribution in [3.05, 3.63) is 12.2 Å². The quantitative estimate of drug-likeness (QED) is 0.358. The van der Waals surface area contributed by atoms with Crippen molar-refractivity contribution in [2.45, 2.75) is 19.8 Å². The van der Waals surface area contributed by atoms with E-state index in [0.29, 0.717) is 6.42 Å². The molecular formula is C10H12N2O2S. The molecule has 0 aromatic carbocycles. The van der Waals surface area contributed by atoms with Gasteiger partial charge in [0.2, 0.25) is 11.8 Å². The van der Waals surface area contributed by atoms with E-state index in [0.717, 1.165) is 6.42 Å². The average Bonchev–Trinajstić information content (AvgIpc) is 2.16. The minimum absolute atomic E-state index is 0.00519. The Morgan fingerprint density at radius 3 is 2.47 bits per heavy atom. The van der Waals surface area contributed by atoms with Crippen LogP contribution in [0.15, 0.2) is 12.2 Å². The van der Waals surface area contributed by atoms with E-state index in [1.807, 2.05) is 19.1 Å². The number of amides is 2. The summed E-state index contributed by atoms with van der Waals surface area (Å²) >= 11 is 4.77. The maximum atomic E-state index is 11.9. The van der Waals surface area contributed by atoms with E-state index in [4.69, 9.17) is 12.2 Å². The molecule has 0 bridgehead atoms. The highest BCUT2D eigenvalue weighted by molar-refractivity contribution is 7.80. The molecule has 0 radical (unpaired) electrons. The predicted molar refractivity (Wildman–Crippen MR) is 58.9 cm³/mol. The SMILES string of the molecule is C[C@H]1CC=CCC12C(=O)NC(=S)NC2=O. The second-order valence-electron chi connectivity index (χ2n) is 4.02. The number of hydrogen-bond acceptors (Lipinski definition) is 3. The third-order valence-electron chi connectivity index (χ3n) is 3.20. The molecule has 1 aliphatic carbocycles. The highest BCUT2D eigenvalue weighted by Crippen LogP contribution is 2.39. The van der Waals surface area contributed by atoms with E-state index >= 15 is 0 Å². The van der Waals surface area contributed by atoms with Crippen LogP contribution in [0, 0.1) is 11.3 Å². The van der Waals surface area contributed by atoms with E-state index in [1.165, 1.54) is 0 Å². The van der Waals surface area contributed by atoms with Gasteiger partial charge in [0.1, 0.15) is 5.41 Å². The third-order valence-corrected chi connectivity index (χ3v) is 3.41. The molecule has 5 heteroatoms. The van der Waals surface area contributed by atoms with Crippen molar-refractivity contribution >= 4 is 29.1 Å². The highest BCUT2D eigenvalue weighted by atomic mass is 32.1. The van der Waals surface area contributed by atoms with Gasteiger partial charge in [-0.1, -0.05) is 19.1 Å². The van der Waals surface area contributed by atoms with Crippen LogP contribution in [0.3, 0.4) is 0 Å². The van der Waals surface area contributed by atoms with Gasteiger partial charge in [-0.05, 0) is 31.0 Å². The van der Waals surface area contributed by atoms with Crippen molar-refractivity contribution in [1.82, 2.24) is 10.6 Å². The number of carbonyl (C=O) groups is 2. The molecule has 0 unspecified atom stereocenters. The molecule has 1 spiro atoms. The summed E-state index contributed by atoms with van der Waals surface area (Å²) in [4.78, 5) is 23.8.